The second-order valence-corrected chi connectivity index (χ2v) is 6.09. The van der Waals surface area contributed by atoms with Crippen LogP contribution in [0.1, 0.15) is 23.0 Å². The number of phenols is 1. The molecule has 2 aromatic carbocycles. The number of fused-ring (bicyclic) bond motifs is 3. The van der Waals surface area contributed by atoms with E-state index in [0.29, 0.717) is 5.75 Å². The third-order valence-corrected chi connectivity index (χ3v) is 4.45. The third-order valence-electron chi connectivity index (χ3n) is 4.45. The molecule has 0 fully saturated rings. The van der Waals surface area contributed by atoms with Crippen LogP contribution in [0.3, 0.4) is 0 Å². The molecular weight excluding hydrogens is 302 g/mol. The van der Waals surface area contributed by atoms with Gasteiger partial charge in [-0.25, -0.2) is 4.68 Å². The van der Waals surface area contributed by atoms with Gasteiger partial charge in [-0.15, -0.1) is 0 Å². The minimum absolute atomic E-state index is 0.123. The summed E-state index contributed by atoms with van der Waals surface area (Å²) in [6.07, 6.45) is -0.181. The average Bonchev–Trinajstić information content (AvgIpc) is 2.96. The van der Waals surface area contributed by atoms with Crippen LogP contribution in [0, 0.1) is 13.8 Å². The molecule has 4 rings (SSSR count). The minimum Gasteiger partial charge on any atom is -0.504 e. The van der Waals surface area contributed by atoms with Crippen molar-refractivity contribution in [2.75, 3.05) is 12.4 Å². The Kier molecular flexibility index (Phi) is 3.23. The molecular formula is C19H19N3O2. The zero-order valence-electron chi connectivity index (χ0n) is 13.9. The fraction of sp³-hybridized carbons (Fsp3) is 0.211. The number of aryl methyl sites for hydroxylation is 2. The molecule has 3 aromatic rings. The first-order valence-electron chi connectivity index (χ1n) is 7.88. The van der Waals surface area contributed by atoms with Gasteiger partial charge < -0.3 is 15.2 Å². The molecule has 0 aliphatic carbocycles. The monoisotopic (exact) mass is 321 g/mol. The molecule has 122 valence electrons. The third kappa shape index (κ3) is 2.12. The standard InChI is InChI=1S/C19H19N3O2/c1-11-5-4-6-14-15-9-12(2)21-22(15)19(20-18(11)14)13-7-8-17(24-3)16(23)10-13/h4-10,19-20,23H,1-3H3. The summed E-state index contributed by atoms with van der Waals surface area (Å²) in [4.78, 5) is 0. The van der Waals surface area contributed by atoms with Crippen LogP contribution in [0.5, 0.6) is 11.5 Å². The van der Waals surface area contributed by atoms with Crippen molar-refractivity contribution in [3.8, 4) is 22.8 Å². The van der Waals surface area contributed by atoms with Crippen molar-refractivity contribution < 1.29 is 9.84 Å². The zero-order chi connectivity index (χ0) is 16.8. The van der Waals surface area contributed by atoms with Crippen LogP contribution >= 0.6 is 0 Å². The molecule has 0 saturated heterocycles. The summed E-state index contributed by atoms with van der Waals surface area (Å²) in [6.45, 7) is 4.08. The van der Waals surface area contributed by atoms with Gasteiger partial charge in [-0.2, -0.15) is 5.10 Å². The maximum absolute atomic E-state index is 10.1. The van der Waals surface area contributed by atoms with Gasteiger partial charge in [0.05, 0.1) is 18.5 Å². The highest BCUT2D eigenvalue weighted by Gasteiger charge is 2.27. The van der Waals surface area contributed by atoms with E-state index in [1.54, 1.807) is 19.2 Å². The van der Waals surface area contributed by atoms with E-state index in [1.165, 1.54) is 5.56 Å². The second-order valence-electron chi connectivity index (χ2n) is 6.09. The Bertz CT molecular complexity index is 930. The number of para-hydroxylation sites is 1. The van der Waals surface area contributed by atoms with Crippen molar-refractivity contribution >= 4 is 5.69 Å². The Balaban J connectivity index is 1.89. The number of rotatable bonds is 2. The van der Waals surface area contributed by atoms with Gasteiger partial charge in [-0.3, -0.25) is 0 Å². The molecule has 5 heteroatoms. The van der Waals surface area contributed by atoms with Gasteiger partial charge in [0.25, 0.3) is 0 Å². The minimum atomic E-state index is -0.181. The summed E-state index contributed by atoms with van der Waals surface area (Å²) in [7, 11) is 1.54. The number of phenolic OH excluding ortho intramolecular Hbond substituents is 1. The molecule has 0 amide bonds. The molecule has 1 atom stereocenters. The first-order chi connectivity index (χ1) is 11.6. The lowest BCUT2D eigenvalue weighted by Crippen LogP contribution is -2.26. The number of hydrogen-bond donors (Lipinski definition) is 2. The largest absolute Gasteiger partial charge is 0.504 e. The highest BCUT2D eigenvalue weighted by molar-refractivity contribution is 5.81. The first-order valence-corrected chi connectivity index (χ1v) is 7.88. The maximum Gasteiger partial charge on any atom is 0.160 e. The van der Waals surface area contributed by atoms with E-state index in [2.05, 4.69) is 41.6 Å². The molecule has 0 radical (unpaired) electrons. The second kappa shape index (κ2) is 5.30. The predicted octanol–water partition coefficient (Wildman–Crippen LogP) is 3.85. The molecule has 1 aliphatic heterocycles. The molecule has 0 saturated carbocycles. The number of ether oxygens (including phenoxy) is 1. The molecule has 5 nitrogen and oxygen atoms in total. The Labute approximate surface area is 140 Å². The van der Waals surface area contributed by atoms with E-state index in [1.807, 2.05) is 17.7 Å². The quantitative estimate of drug-likeness (QED) is 0.752. The van der Waals surface area contributed by atoms with Crippen molar-refractivity contribution in [3.63, 3.8) is 0 Å². The Morgan fingerprint density at radius 3 is 2.75 bits per heavy atom. The molecule has 1 aliphatic rings. The maximum atomic E-state index is 10.1. The summed E-state index contributed by atoms with van der Waals surface area (Å²) in [5.41, 5.74) is 6.39. The Hall–Kier alpha value is -2.95. The van der Waals surface area contributed by atoms with Crippen LogP contribution in [-0.2, 0) is 0 Å². The summed E-state index contributed by atoms with van der Waals surface area (Å²) in [6, 6.07) is 13.8. The van der Waals surface area contributed by atoms with Crippen LogP contribution in [0.4, 0.5) is 5.69 Å². The molecule has 24 heavy (non-hydrogen) atoms. The van der Waals surface area contributed by atoms with Gasteiger partial charge in [0.1, 0.15) is 6.17 Å². The summed E-state index contributed by atoms with van der Waals surface area (Å²) in [5.74, 6) is 0.584. The van der Waals surface area contributed by atoms with Gasteiger partial charge in [0.2, 0.25) is 0 Å². The summed E-state index contributed by atoms with van der Waals surface area (Å²) in [5, 5.41) is 18.4. The van der Waals surface area contributed by atoms with Crippen LogP contribution in [-0.4, -0.2) is 22.0 Å². The van der Waals surface area contributed by atoms with Crippen molar-refractivity contribution in [1.82, 2.24) is 9.78 Å². The first kappa shape index (κ1) is 14.6. The number of benzene rings is 2. The Morgan fingerprint density at radius 2 is 2.00 bits per heavy atom. The predicted molar refractivity (Wildman–Crippen MR) is 93.6 cm³/mol. The van der Waals surface area contributed by atoms with E-state index >= 15 is 0 Å². The fourth-order valence-corrected chi connectivity index (χ4v) is 3.29. The van der Waals surface area contributed by atoms with Crippen molar-refractivity contribution in [2.24, 2.45) is 0 Å². The van der Waals surface area contributed by atoms with Crippen LogP contribution in [0.15, 0.2) is 42.5 Å². The Morgan fingerprint density at radius 1 is 1.17 bits per heavy atom. The summed E-state index contributed by atoms with van der Waals surface area (Å²) < 4.78 is 7.11. The van der Waals surface area contributed by atoms with E-state index < -0.39 is 0 Å². The normalized spacial score (nSPS) is 15.4. The van der Waals surface area contributed by atoms with Crippen molar-refractivity contribution in [1.29, 1.82) is 0 Å². The lowest BCUT2D eigenvalue weighted by atomic mass is 10.0. The van der Waals surface area contributed by atoms with E-state index in [9.17, 15) is 5.11 Å². The smallest absolute Gasteiger partial charge is 0.160 e. The van der Waals surface area contributed by atoms with E-state index in [4.69, 9.17) is 4.74 Å². The number of methoxy groups -OCH3 is 1. The van der Waals surface area contributed by atoms with E-state index in [-0.39, 0.29) is 11.9 Å². The molecule has 1 unspecified atom stereocenters. The lowest BCUT2D eigenvalue weighted by molar-refractivity contribution is 0.372. The SMILES string of the molecule is COc1ccc(C2Nc3c(C)cccc3-c3cc(C)nn32)cc1O. The molecule has 2 heterocycles. The highest BCUT2D eigenvalue weighted by Crippen LogP contribution is 2.41. The van der Waals surface area contributed by atoms with E-state index in [0.717, 1.165) is 28.2 Å². The summed E-state index contributed by atoms with van der Waals surface area (Å²) >= 11 is 0. The van der Waals surface area contributed by atoms with Crippen LogP contribution in [0.25, 0.3) is 11.3 Å². The zero-order valence-corrected chi connectivity index (χ0v) is 13.9. The molecule has 1 aromatic heterocycles. The van der Waals surface area contributed by atoms with Gasteiger partial charge in [-0.05, 0) is 37.6 Å². The van der Waals surface area contributed by atoms with Crippen molar-refractivity contribution in [3.05, 3.63) is 59.3 Å². The molecule has 2 N–H and O–H groups in total. The molecule has 0 bridgehead atoms. The number of anilines is 1. The van der Waals surface area contributed by atoms with Gasteiger partial charge in [-0.1, -0.05) is 24.3 Å². The lowest BCUT2D eigenvalue weighted by Gasteiger charge is -2.30. The average molecular weight is 321 g/mol. The number of nitrogens with one attached hydrogen (secondary N) is 1. The number of nitrogens with zero attached hydrogens (tertiary/aromatic N) is 2. The number of hydrogen-bond acceptors (Lipinski definition) is 4. The van der Waals surface area contributed by atoms with Crippen molar-refractivity contribution in [2.45, 2.75) is 20.0 Å². The van der Waals surface area contributed by atoms with Gasteiger partial charge in [0, 0.05) is 16.8 Å². The van der Waals surface area contributed by atoms with Gasteiger partial charge in [0.15, 0.2) is 11.5 Å². The highest BCUT2D eigenvalue weighted by atomic mass is 16.5. The van der Waals surface area contributed by atoms with Crippen LogP contribution in [0.2, 0.25) is 0 Å². The van der Waals surface area contributed by atoms with Gasteiger partial charge >= 0.3 is 0 Å². The number of aromatic hydroxyl groups is 1. The number of aromatic nitrogens is 2. The topological polar surface area (TPSA) is 59.3 Å². The molecule has 0 spiro atoms. The fourth-order valence-electron chi connectivity index (χ4n) is 3.29. The van der Waals surface area contributed by atoms with Crippen LogP contribution < -0.4 is 10.1 Å².